The lowest BCUT2D eigenvalue weighted by Crippen LogP contribution is -2.28. The highest BCUT2D eigenvalue weighted by atomic mass is 35.5. The van der Waals surface area contributed by atoms with E-state index >= 15 is 0 Å². The fourth-order valence-corrected chi connectivity index (χ4v) is 2.78. The Hall–Kier alpha value is -2.80. The molecule has 1 heterocycles. The van der Waals surface area contributed by atoms with Gasteiger partial charge in [0.2, 0.25) is 0 Å². The number of esters is 2. The number of H-pyrrole nitrogens is 1. The fourth-order valence-electron chi connectivity index (χ4n) is 2.57. The Balaban J connectivity index is 1.93. The summed E-state index contributed by atoms with van der Waals surface area (Å²) in [4.78, 5) is 38.9. The van der Waals surface area contributed by atoms with Crippen LogP contribution in [0.15, 0.2) is 24.3 Å². The zero-order valence-electron chi connectivity index (χ0n) is 15.3. The number of ether oxygens (including phenoxy) is 2. The molecule has 0 aliphatic heterocycles. The van der Waals surface area contributed by atoms with Gasteiger partial charge >= 0.3 is 11.9 Å². The molecule has 0 bridgehead atoms. The third-order valence-corrected chi connectivity index (χ3v) is 4.07. The molecule has 0 aliphatic rings. The summed E-state index contributed by atoms with van der Waals surface area (Å²) < 4.78 is 10.0. The predicted molar refractivity (Wildman–Crippen MR) is 99.8 cm³/mol. The molecule has 0 fully saturated rings. The topological polar surface area (TPSA) is 97.5 Å². The molecule has 2 rings (SSSR count). The van der Waals surface area contributed by atoms with Crippen LogP contribution in [0.5, 0.6) is 0 Å². The number of aromatic amines is 1. The highest BCUT2D eigenvalue weighted by Gasteiger charge is 2.24. The number of rotatable bonds is 7. The lowest BCUT2D eigenvalue weighted by Gasteiger charge is -2.07. The number of aryl methyl sites for hydroxylation is 1. The van der Waals surface area contributed by atoms with E-state index in [0.717, 1.165) is 5.56 Å². The first kappa shape index (κ1) is 20.5. The molecule has 7 nitrogen and oxygen atoms in total. The molecule has 1 amide bonds. The number of halogens is 1. The summed E-state index contributed by atoms with van der Waals surface area (Å²) >= 11 is 5.89. The summed E-state index contributed by atoms with van der Waals surface area (Å²) in [5, 5.41) is 3.22. The SMILES string of the molecule is CCOC(=O)c1[nH]c(C)c(C(=O)OCC(=O)NCc2cccc(Cl)c2)c1C. The highest BCUT2D eigenvalue weighted by molar-refractivity contribution is 6.30. The van der Waals surface area contributed by atoms with Crippen LogP contribution >= 0.6 is 11.6 Å². The molecule has 0 radical (unpaired) electrons. The number of hydrogen-bond acceptors (Lipinski definition) is 5. The molecule has 144 valence electrons. The molecule has 0 saturated carbocycles. The molecule has 2 N–H and O–H groups in total. The van der Waals surface area contributed by atoms with Crippen LogP contribution in [-0.4, -0.2) is 36.0 Å². The number of benzene rings is 1. The molecule has 2 aromatic rings. The van der Waals surface area contributed by atoms with Gasteiger partial charge < -0.3 is 19.8 Å². The highest BCUT2D eigenvalue weighted by Crippen LogP contribution is 2.19. The average molecular weight is 393 g/mol. The molecular formula is C19H21ClN2O5. The smallest absolute Gasteiger partial charge is 0.355 e. The Kier molecular flexibility index (Phi) is 7.01. The lowest BCUT2D eigenvalue weighted by atomic mass is 10.1. The van der Waals surface area contributed by atoms with E-state index in [-0.39, 0.29) is 24.4 Å². The van der Waals surface area contributed by atoms with Gasteiger partial charge in [0.15, 0.2) is 6.61 Å². The van der Waals surface area contributed by atoms with Crippen molar-refractivity contribution < 1.29 is 23.9 Å². The molecule has 1 aromatic carbocycles. The van der Waals surface area contributed by atoms with E-state index in [1.165, 1.54) is 0 Å². The number of aromatic nitrogens is 1. The number of amides is 1. The van der Waals surface area contributed by atoms with Crippen molar-refractivity contribution in [2.45, 2.75) is 27.3 Å². The monoisotopic (exact) mass is 392 g/mol. The fraction of sp³-hybridized carbons (Fsp3) is 0.316. The summed E-state index contributed by atoms with van der Waals surface area (Å²) in [6, 6.07) is 7.07. The summed E-state index contributed by atoms with van der Waals surface area (Å²) in [5.41, 5.74) is 2.15. The van der Waals surface area contributed by atoms with Crippen LogP contribution < -0.4 is 5.32 Å². The third kappa shape index (κ3) is 5.34. The van der Waals surface area contributed by atoms with Crippen molar-refractivity contribution >= 4 is 29.4 Å². The maximum absolute atomic E-state index is 12.3. The summed E-state index contributed by atoms with van der Waals surface area (Å²) in [7, 11) is 0. The number of hydrogen-bond donors (Lipinski definition) is 2. The Morgan fingerprint density at radius 2 is 1.89 bits per heavy atom. The van der Waals surface area contributed by atoms with Crippen molar-refractivity contribution in [2.24, 2.45) is 0 Å². The second-order valence-corrected chi connectivity index (χ2v) is 6.26. The van der Waals surface area contributed by atoms with E-state index in [1.54, 1.807) is 39.0 Å². The van der Waals surface area contributed by atoms with E-state index < -0.39 is 24.5 Å². The molecule has 0 atom stereocenters. The van der Waals surface area contributed by atoms with Gasteiger partial charge in [0, 0.05) is 17.3 Å². The molecule has 0 spiro atoms. The predicted octanol–water partition coefficient (Wildman–Crippen LogP) is 2.93. The van der Waals surface area contributed by atoms with E-state index in [9.17, 15) is 14.4 Å². The van der Waals surface area contributed by atoms with E-state index in [0.29, 0.717) is 16.3 Å². The molecule has 0 saturated heterocycles. The molecule has 8 heteroatoms. The van der Waals surface area contributed by atoms with Gasteiger partial charge in [-0.25, -0.2) is 9.59 Å². The first-order valence-electron chi connectivity index (χ1n) is 8.38. The van der Waals surface area contributed by atoms with Crippen molar-refractivity contribution in [3.63, 3.8) is 0 Å². The third-order valence-electron chi connectivity index (χ3n) is 3.83. The zero-order chi connectivity index (χ0) is 20.0. The summed E-state index contributed by atoms with van der Waals surface area (Å²) in [6.07, 6.45) is 0. The molecular weight excluding hydrogens is 372 g/mol. The van der Waals surface area contributed by atoms with Crippen molar-refractivity contribution in [3.8, 4) is 0 Å². The van der Waals surface area contributed by atoms with Crippen molar-refractivity contribution in [2.75, 3.05) is 13.2 Å². The maximum atomic E-state index is 12.3. The number of carbonyl (C=O) groups is 3. The quantitative estimate of drug-likeness (QED) is 0.706. The molecule has 1 aromatic heterocycles. The second-order valence-electron chi connectivity index (χ2n) is 5.83. The Labute approximate surface area is 162 Å². The summed E-state index contributed by atoms with van der Waals surface area (Å²) in [6.45, 7) is 5.02. The zero-order valence-corrected chi connectivity index (χ0v) is 16.1. The van der Waals surface area contributed by atoms with Crippen LogP contribution in [0.4, 0.5) is 0 Å². The first-order valence-corrected chi connectivity index (χ1v) is 8.75. The van der Waals surface area contributed by atoms with Gasteiger partial charge in [-0.1, -0.05) is 23.7 Å². The van der Waals surface area contributed by atoms with Gasteiger partial charge in [-0.15, -0.1) is 0 Å². The van der Waals surface area contributed by atoms with Crippen molar-refractivity contribution in [3.05, 3.63) is 57.4 Å². The number of nitrogens with one attached hydrogen (secondary N) is 2. The minimum atomic E-state index is -0.685. The van der Waals surface area contributed by atoms with Gasteiger partial charge in [-0.2, -0.15) is 0 Å². The van der Waals surface area contributed by atoms with Crippen molar-refractivity contribution in [1.82, 2.24) is 10.3 Å². The minimum absolute atomic E-state index is 0.201. The molecule has 0 unspecified atom stereocenters. The average Bonchev–Trinajstić information content (AvgIpc) is 2.92. The van der Waals surface area contributed by atoms with E-state index in [1.807, 2.05) is 6.07 Å². The van der Waals surface area contributed by atoms with Crippen LogP contribution in [0.2, 0.25) is 5.02 Å². The van der Waals surface area contributed by atoms with Crippen LogP contribution in [0, 0.1) is 13.8 Å². The summed E-state index contributed by atoms with van der Waals surface area (Å²) in [5.74, 6) is -1.68. The standard InChI is InChI=1S/C19H21ClN2O5/c1-4-26-19(25)17-11(2)16(12(3)22-17)18(24)27-10-15(23)21-9-13-6-5-7-14(20)8-13/h5-8,22H,4,9-10H2,1-3H3,(H,21,23). The van der Waals surface area contributed by atoms with Gasteiger partial charge in [0.05, 0.1) is 12.2 Å². The van der Waals surface area contributed by atoms with Gasteiger partial charge in [-0.05, 0) is 44.0 Å². The first-order chi connectivity index (χ1) is 12.8. The molecule has 0 aliphatic carbocycles. The Morgan fingerprint density at radius 1 is 1.15 bits per heavy atom. The normalized spacial score (nSPS) is 10.4. The maximum Gasteiger partial charge on any atom is 0.355 e. The van der Waals surface area contributed by atoms with E-state index in [2.05, 4.69) is 10.3 Å². The number of carbonyl (C=O) groups excluding carboxylic acids is 3. The molecule has 27 heavy (non-hydrogen) atoms. The van der Waals surface area contributed by atoms with E-state index in [4.69, 9.17) is 21.1 Å². The van der Waals surface area contributed by atoms with Crippen LogP contribution in [0.25, 0.3) is 0 Å². The van der Waals surface area contributed by atoms with Gasteiger partial charge in [-0.3, -0.25) is 4.79 Å². The van der Waals surface area contributed by atoms with Gasteiger partial charge in [0.1, 0.15) is 5.69 Å². The second kappa shape index (κ2) is 9.23. The Bertz CT molecular complexity index is 860. The van der Waals surface area contributed by atoms with Crippen LogP contribution in [-0.2, 0) is 20.8 Å². The Morgan fingerprint density at radius 3 is 2.56 bits per heavy atom. The largest absolute Gasteiger partial charge is 0.461 e. The lowest BCUT2D eigenvalue weighted by molar-refractivity contribution is -0.124. The van der Waals surface area contributed by atoms with Crippen LogP contribution in [0.1, 0.15) is 44.6 Å². The van der Waals surface area contributed by atoms with Crippen molar-refractivity contribution in [1.29, 1.82) is 0 Å². The van der Waals surface area contributed by atoms with Gasteiger partial charge in [0.25, 0.3) is 5.91 Å². The van der Waals surface area contributed by atoms with Crippen LogP contribution in [0.3, 0.4) is 0 Å². The minimum Gasteiger partial charge on any atom is -0.461 e.